The third-order valence-corrected chi connectivity index (χ3v) is 4.94. The molecule has 1 heterocycles. The Hall–Kier alpha value is -2.31. The maximum absolute atomic E-state index is 13.1. The Kier molecular flexibility index (Phi) is 5.64. The molecular weight excluding hydrogens is 370 g/mol. The normalized spacial score (nSPS) is 10.9. The van der Waals surface area contributed by atoms with E-state index in [9.17, 15) is 9.59 Å². The largest absolute Gasteiger partial charge is 0.356 e. The second-order valence-electron chi connectivity index (χ2n) is 5.78. The van der Waals surface area contributed by atoms with E-state index in [0.717, 1.165) is 11.3 Å². The SMILES string of the molecule is CCNC(=O)CSc1nc2cc(Cl)ccc2c(=O)n1-c1cccc(C)c1. The number of hydrogen-bond acceptors (Lipinski definition) is 4. The molecule has 0 unspecified atom stereocenters. The summed E-state index contributed by atoms with van der Waals surface area (Å²) in [6.45, 7) is 4.39. The molecule has 134 valence electrons. The predicted molar refractivity (Wildman–Crippen MR) is 106 cm³/mol. The quantitative estimate of drug-likeness (QED) is 0.537. The predicted octanol–water partition coefficient (Wildman–Crippen LogP) is 3.58. The van der Waals surface area contributed by atoms with E-state index in [0.29, 0.717) is 27.6 Å². The number of nitrogens with one attached hydrogen (secondary N) is 1. The van der Waals surface area contributed by atoms with Crippen LogP contribution in [0.3, 0.4) is 0 Å². The van der Waals surface area contributed by atoms with Gasteiger partial charge in [0.1, 0.15) is 0 Å². The Morgan fingerprint density at radius 1 is 1.27 bits per heavy atom. The zero-order chi connectivity index (χ0) is 18.7. The van der Waals surface area contributed by atoms with Gasteiger partial charge in [-0.3, -0.25) is 14.2 Å². The monoisotopic (exact) mass is 387 g/mol. The van der Waals surface area contributed by atoms with Crippen molar-refractivity contribution in [3.05, 3.63) is 63.4 Å². The topological polar surface area (TPSA) is 64.0 Å². The number of rotatable bonds is 5. The van der Waals surface area contributed by atoms with Crippen molar-refractivity contribution in [1.29, 1.82) is 0 Å². The Bertz CT molecular complexity index is 1030. The molecule has 1 amide bonds. The van der Waals surface area contributed by atoms with Crippen molar-refractivity contribution < 1.29 is 4.79 Å². The summed E-state index contributed by atoms with van der Waals surface area (Å²) >= 11 is 7.28. The summed E-state index contributed by atoms with van der Waals surface area (Å²) < 4.78 is 1.55. The summed E-state index contributed by atoms with van der Waals surface area (Å²) in [6.07, 6.45) is 0. The van der Waals surface area contributed by atoms with Crippen LogP contribution >= 0.6 is 23.4 Å². The van der Waals surface area contributed by atoms with Gasteiger partial charge in [0.05, 0.1) is 22.3 Å². The molecular formula is C19H18ClN3O2S. The summed E-state index contributed by atoms with van der Waals surface area (Å²) in [6, 6.07) is 12.6. The minimum absolute atomic E-state index is 0.103. The number of benzene rings is 2. The number of carbonyl (C=O) groups is 1. The number of fused-ring (bicyclic) bond motifs is 1. The number of nitrogens with zero attached hydrogens (tertiary/aromatic N) is 2. The van der Waals surface area contributed by atoms with Crippen LogP contribution in [0.15, 0.2) is 52.4 Å². The minimum atomic E-state index is -0.185. The third-order valence-electron chi connectivity index (χ3n) is 3.77. The first kappa shape index (κ1) is 18.5. The molecule has 0 aliphatic carbocycles. The summed E-state index contributed by atoms with van der Waals surface area (Å²) in [5.41, 5.74) is 2.09. The van der Waals surface area contributed by atoms with Gasteiger partial charge in [-0.05, 0) is 49.7 Å². The Labute approximate surface area is 160 Å². The van der Waals surface area contributed by atoms with Crippen molar-refractivity contribution in [2.24, 2.45) is 0 Å². The second-order valence-corrected chi connectivity index (χ2v) is 7.16. The van der Waals surface area contributed by atoms with Crippen LogP contribution in [0.25, 0.3) is 16.6 Å². The Morgan fingerprint density at radius 3 is 2.81 bits per heavy atom. The minimum Gasteiger partial charge on any atom is -0.356 e. The lowest BCUT2D eigenvalue weighted by Crippen LogP contribution is -2.26. The summed E-state index contributed by atoms with van der Waals surface area (Å²) in [5, 5.41) is 4.20. The van der Waals surface area contributed by atoms with Crippen molar-refractivity contribution in [3.8, 4) is 5.69 Å². The van der Waals surface area contributed by atoms with Crippen LogP contribution in [0.4, 0.5) is 0 Å². The fourth-order valence-corrected chi connectivity index (χ4v) is 3.62. The molecule has 1 aromatic heterocycles. The van der Waals surface area contributed by atoms with E-state index in [1.54, 1.807) is 22.8 Å². The average Bonchev–Trinajstić information content (AvgIpc) is 2.60. The van der Waals surface area contributed by atoms with Gasteiger partial charge in [-0.1, -0.05) is 35.5 Å². The van der Waals surface area contributed by atoms with Gasteiger partial charge in [-0.2, -0.15) is 0 Å². The highest BCUT2D eigenvalue weighted by Gasteiger charge is 2.15. The molecule has 0 aliphatic heterocycles. The van der Waals surface area contributed by atoms with Crippen molar-refractivity contribution in [3.63, 3.8) is 0 Å². The third kappa shape index (κ3) is 3.92. The van der Waals surface area contributed by atoms with E-state index in [-0.39, 0.29) is 17.2 Å². The highest BCUT2D eigenvalue weighted by molar-refractivity contribution is 7.99. The molecule has 1 N–H and O–H groups in total. The van der Waals surface area contributed by atoms with E-state index in [2.05, 4.69) is 10.3 Å². The van der Waals surface area contributed by atoms with Gasteiger partial charge < -0.3 is 5.32 Å². The van der Waals surface area contributed by atoms with E-state index in [4.69, 9.17) is 11.6 Å². The summed E-state index contributed by atoms with van der Waals surface area (Å²) in [5.74, 6) is 0.0757. The average molecular weight is 388 g/mol. The molecule has 0 fully saturated rings. The number of aryl methyl sites for hydroxylation is 1. The van der Waals surface area contributed by atoms with Gasteiger partial charge in [-0.15, -0.1) is 0 Å². The van der Waals surface area contributed by atoms with Crippen molar-refractivity contribution >= 4 is 40.2 Å². The smallest absolute Gasteiger partial charge is 0.266 e. The van der Waals surface area contributed by atoms with Crippen LogP contribution in [0.2, 0.25) is 5.02 Å². The first-order valence-electron chi connectivity index (χ1n) is 8.18. The number of halogens is 1. The summed E-state index contributed by atoms with van der Waals surface area (Å²) in [7, 11) is 0. The standard InChI is InChI=1S/C19H18ClN3O2S/c1-3-21-17(24)11-26-19-22-16-10-13(20)7-8-15(16)18(25)23(19)14-6-4-5-12(2)9-14/h4-10H,3,11H2,1-2H3,(H,21,24). The molecule has 0 spiro atoms. The Morgan fingerprint density at radius 2 is 2.08 bits per heavy atom. The van der Waals surface area contributed by atoms with Crippen molar-refractivity contribution in [1.82, 2.24) is 14.9 Å². The number of thioether (sulfide) groups is 1. The van der Waals surface area contributed by atoms with Gasteiger partial charge in [0.25, 0.3) is 5.56 Å². The first-order valence-corrected chi connectivity index (χ1v) is 9.55. The van der Waals surface area contributed by atoms with E-state index < -0.39 is 0 Å². The number of amides is 1. The molecule has 0 bridgehead atoms. The van der Waals surface area contributed by atoms with Gasteiger partial charge in [-0.25, -0.2) is 4.98 Å². The van der Waals surface area contributed by atoms with Gasteiger partial charge >= 0.3 is 0 Å². The number of hydrogen-bond donors (Lipinski definition) is 1. The molecule has 0 aliphatic rings. The highest BCUT2D eigenvalue weighted by atomic mass is 35.5. The van der Waals surface area contributed by atoms with E-state index >= 15 is 0 Å². The molecule has 26 heavy (non-hydrogen) atoms. The molecule has 3 aromatic rings. The highest BCUT2D eigenvalue weighted by Crippen LogP contribution is 2.23. The lowest BCUT2D eigenvalue weighted by atomic mass is 10.2. The molecule has 0 saturated carbocycles. The van der Waals surface area contributed by atoms with Crippen molar-refractivity contribution in [2.45, 2.75) is 19.0 Å². The maximum Gasteiger partial charge on any atom is 0.266 e. The zero-order valence-electron chi connectivity index (χ0n) is 14.5. The molecule has 2 aromatic carbocycles. The second kappa shape index (κ2) is 7.93. The fourth-order valence-electron chi connectivity index (χ4n) is 2.61. The van der Waals surface area contributed by atoms with Crippen molar-refractivity contribution in [2.75, 3.05) is 12.3 Å². The fraction of sp³-hybridized carbons (Fsp3) is 0.211. The lowest BCUT2D eigenvalue weighted by Gasteiger charge is -2.13. The maximum atomic E-state index is 13.1. The van der Waals surface area contributed by atoms with Crippen LogP contribution in [0.1, 0.15) is 12.5 Å². The van der Waals surface area contributed by atoms with Crippen LogP contribution < -0.4 is 10.9 Å². The van der Waals surface area contributed by atoms with Crippen LogP contribution in [0, 0.1) is 6.92 Å². The first-order chi connectivity index (χ1) is 12.5. The molecule has 0 radical (unpaired) electrons. The Balaban J connectivity index is 2.17. The molecule has 5 nitrogen and oxygen atoms in total. The zero-order valence-corrected chi connectivity index (χ0v) is 16.0. The van der Waals surface area contributed by atoms with Crippen LogP contribution in [-0.2, 0) is 4.79 Å². The number of aromatic nitrogens is 2. The van der Waals surface area contributed by atoms with Gasteiger partial charge in [0, 0.05) is 11.6 Å². The molecule has 0 saturated heterocycles. The molecule has 0 atom stereocenters. The van der Waals surface area contributed by atoms with E-state index in [1.807, 2.05) is 38.1 Å². The van der Waals surface area contributed by atoms with Gasteiger partial charge in [0.15, 0.2) is 5.16 Å². The van der Waals surface area contributed by atoms with Crippen LogP contribution in [0.5, 0.6) is 0 Å². The molecule has 3 rings (SSSR count). The summed E-state index contributed by atoms with van der Waals surface area (Å²) in [4.78, 5) is 29.6. The number of carbonyl (C=O) groups excluding carboxylic acids is 1. The molecule has 7 heteroatoms. The van der Waals surface area contributed by atoms with Gasteiger partial charge in [0.2, 0.25) is 5.91 Å². The van der Waals surface area contributed by atoms with E-state index in [1.165, 1.54) is 11.8 Å². The van der Waals surface area contributed by atoms with Crippen LogP contribution in [-0.4, -0.2) is 27.8 Å². The lowest BCUT2D eigenvalue weighted by molar-refractivity contribution is -0.118.